The van der Waals surface area contributed by atoms with E-state index < -0.39 is 11.8 Å². The van der Waals surface area contributed by atoms with Crippen molar-refractivity contribution < 1.29 is 8.78 Å². The summed E-state index contributed by atoms with van der Waals surface area (Å²) in [7, 11) is 0. The molecule has 1 aliphatic carbocycles. The number of nitrogens with zero attached hydrogens (tertiary/aromatic N) is 1. The molecule has 1 aliphatic rings. The molecular weight excluding hydrogens is 100 g/mol. The molecule has 0 aromatic heterocycles. The van der Waals surface area contributed by atoms with Crippen molar-refractivity contribution in [1.82, 2.24) is 0 Å². The van der Waals surface area contributed by atoms with Crippen LogP contribution in [-0.2, 0) is 0 Å². The van der Waals surface area contributed by atoms with Crippen LogP contribution in [0.5, 0.6) is 0 Å². The lowest BCUT2D eigenvalue weighted by atomic mass is 10.5. The SMILES string of the molecule is N#CC1CC1(F)F. The summed E-state index contributed by atoms with van der Waals surface area (Å²) in [5.41, 5.74) is 0. The molecule has 0 N–H and O–H groups in total. The number of halogens is 2. The minimum Gasteiger partial charge on any atom is -0.205 e. The molecule has 0 amide bonds. The van der Waals surface area contributed by atoms with E-state index in [9.17, 15) is 8.78 Å². The van der Waals surface area contributed by atoms with Crippen molar-refractivity contribution in [1.29, 1.82) is 5.26 Å². The van der Waals surface area contributed by atoms with Gasteiger partial charge < -0.3 is 0 Å². The van der Waals surface area contributed by atoms with Gasteiger partial charge in [0.25, 0.3) is 5.92 Å². The lowest BCUT2D eigenvalue weighted by molar-refractivity contribution is 0.108. The lowest BCUT2D eigenvalue weighted by Gasteiger charge is -1.80. The van der Waals surface area contributed by atoms with Crippen molar-refractivity contribution in [3.8, 4) is 6.07 Å². The molecule has 0 spiro atoms. The Hall–Kier alpha value is -0.650. The summed E-state index contributed by atoms with van der Waals surface area (Å²) in [5.74, 6) is -3.62. The largest absolute Gasteiger partial charge is 0.265 e. The zero-order valence-corrected chi connectivity index (χ0v) is 3.49. The highest BCUT2D eigenvalue weighted by atomic mass is 19.3. The first-order valence-corrected chi connectivity index (χ1v) is 1.94. The number of rotatable bonds is 0. The Bertz CT molecular complexity index is 124. The summed E-state index contributed by atoms with van der Waals surface area (Å²) >= 11 is 0. The fraction of sp³-hybridized carbons (Fsp3) is 0.750. The van der Waals surface area contributed by atoms with E-state index >= 15 is 0 Å². The van der Waals surface area contributed by atoms with Crippen molar-refractivity contribution in [3.05, 3.63) is 0 Å². The molecule has 38 valence electrons. The summed E-state index contributed by atoms with van der Waals surface area (Å²) in [4.78, 5) is 0. The highest BCUT2D eigenvalue weighted by Gasteiger charge is 2.57. The van der Waals surface area contributed by atoms with E-state index in [1.165, 1.54) is 6.07 Å². The van der Waals surface area contributed by atoms with Crippen LogP contribution in [0, 0.1) is 17.2 Å². The predicted molar refractivity (Wildman–Crippen MR) is 18.7 cm³/mol. The Morgan fingerprint density at radius 2 is 2.14 bits per heavy atom. The molecule has 1 unspecified atom stereocenters. The Kier molecular flexibility index (Phi) is 0.609. The van der Waals surface area contributed by atoms with Gasteiger partial charge in [-0.2, -0.15) is 5.26 Å². The van der Waals surface area contributed by atoms with Gasteiger partial charge in [-0.3, -0.25) is 0 Å². The summed E-state index contributed by atoms with van der Waals surface area (Å²) < 4.78 is 23.1. The van der Waals surface area contributed by atoms with E-state index in [4.69, 9.17) is 5.26 Å². The summed E-state index contributed by atoms with van der Waals surface area (Å²) in [6, 6.07) is 1.48. The first-order chi connectivity index (χ1) is 3.17. The van der Waals surface area contributed by atoms with E-state index in [1.807, 2.05) is 0 Å². The standard InChI is InChI=1S/C4H3F2N/c5-4(6)1-3(4)2-7/h3H,1H2. The van der Waals surface area contributed by atoms with Gasteiger partial charge in [-0.25, -0.2) is 8.78 Å². The van der Waals surface area contributed by atoms with Crippen molar-refractivity contribution >= 4 is 0 Å². The molecule has 1 fully saturated rings. The third kappa shape index (κ3) is 0.560. The molecule has 0 aromatic rings. The van der Waals surface area contributed by atoms with Crippen LogP contribution in [0.2, 0.25) is 0 Å². The molecule has 1 rings (SSSR count). The Morgan fingerprint density at radius 1 is 1.71 bits per heavy atom. The molecule has 0 bridgehead atoms. The van der Waals surface area contributed by atoms with E-state index in [0.717, 1.165) is 0 Å². The topological polar surface area (TPSA) is 23.8 Å². The van der Waals surface area contributed by atoms with Crippen molar-refractivity contribution in [2.45, 2.75) is 12.3 Å². The second-order valence-electron chi connectivity index (χ2n) is 1.65. The molecule has 1 atom stereocenters. The van der Waals surface area contributed by atoms with Crippen LogP contribution in [0.3, 0.4) is 0 Å². The zero-order valence-electron chi connectivity index (χ0n) is 3.49. The number of hydrogen-bond acceptors (Lipinski definition) is 1. The molecule has 0 saturated heterocycles. The smallest absolute Gasteiger partial charge is 0.205 e. The third-order valence-corrected chi connectivity index (χ3v) is 0.982. The lowest BCUT2D eigenvalue weighted by Crippen LogP contribution is -1.88. The highest BCUT2D eigenvalue weighted by Crippen LogP contribution is 2.47. The van der Waals surface area contributed by atoms with Crippen molar-refractivity contribution in [2.75, 3.05) is 0 Å². The van der Waals surface area contributed by atoms with Crippen LogP contribution in [0.4, 0.5) is 8.78 Å². The van der Waals surface area contributed by atoms with Gasteiger partial charge in [0.2, 0.25) is 0 Å². The quantitative estimate of drug-likeness (QED) is 0.451. The van der Waals surface area contributed by atoms with Gasteiger partial charge in [0.05, 0.1) is 6.07 Å². The highest BCUT2D eigenvalue weighted by molar-refractivity contribution is 5.08. The van der Waals surface area contributed by atoms with E-state index in [-0.39, 0.29) is 6.42 Å². The second kappa shape index (κ2) is 0.945. The van der Waals surface area contributed by atoms with Crippen LogP contribution < -0.4 is 0 Å². The van der Waals surface area contributed by atoms with Gasteiger partial charge in [0.15, 0.2) is 0 Å². The van der Waals surface area contributed by atoms with Gasteiger partial charge in [-0.15, -0.1) is 0 Å². The molecule has 1 saturated carbocycles. The van der Waals surface area contributed by atoms with E-state index in [2.05, 4.69) is 0 Å². The fourth-order valence-electron chi connectivity index (χ4n) is 0.353. The predicted octanol–water partition coefficient (Wildman–Crippen LogP) is 1.17. The van der Waals surface area contributed by atoms with Crippen molar-refractivity contribution in [2.24, 2.45) is 5.92 Å². The zero-order chi connectivity index (χ0) is 5.49. The van der Waals surface area contributed by atoms with Crippen molar-refractivity contribution in [3.63, 3.8) is 0 Å². The maximum absolute atomic E-state index is 11.6. The van der Waals surface area contributed by atoms with Gasteiger partial charge in [-0.1, -0.05) is 0 Å². The molecule has 0 aromatic carbocycles. The maximum atomic E-state index is 11.6. The number of nitriles is 1. The first kappa shape index (κ1) is 4.51. The molecule has 0 radical (unpaired) electrons. The molecule has 3 heteroatoms. The van der Waals surface area contributed by atoms with Gasteiger partial charge >= 0.3 is 0 Å². The Labute approximate surface area is 39.6 Å². The van der Waals surface area contributed by atoms with Crippen LogP contribution in [0.25, 0.3) is 0 Å². The number of hydrogen-bond donors (Lipinski definition) is 0. The Balaban J connectivity index is 2.49. The van der Waals surface area contributed by atoms with Crippen LogP contribution >= 0.6 is 0 Å². The molecule has 0 heterocycles. The average molecular weight is 103 g/mol. The van der Waals surface area contributed by atoms with Gasteiger partial charge in [0, 0.05) is 6.42 Å². The summed E-state index contributed by atoms with van der Waals surface area (Å²) in [5, 5.41) is 7.81. The summed E-state index contributed by atoms with van der Waals surface area (Å²) in [6.07, 6.45) is -0.233. The van der Waals surface area contributed by atoms with E-state index in [0.29, 0.717) is 0 Å². The molecule has 0 aliphatic heterocycles. The van der Waals surface area contributed by atoms with Crippen LogP contribution in [0.1, 0.15) is 6.42 Å². The molecular formula is C4H3F2N. The summed E-state index contributed by atoms with van der Waals surface area (Å²) in [6.45, 7) is 0. The van der Waals surface area contributed by atoms with Crippen LogP contribution in [-0.4, -0.2) is 5.92 Å². The maximum Gasteiger partial charge on any atom is 0.265 e. The second-order valence-corrected chi connectivity index (χ2v) is 1.65. The molecule has 1 nitrogen and oxygen atoms in total. The fourth-order valence-corrected chi connectivity index (χ4v) is 0.353. The normalized spacial score (nSPS) is 34.1. The monoisotopic (exact) mass is 103 g/mol. The van der Waals surface area contributed by atoms with Gasteiger partial charge in [0.1, 0.15) is 5.92 Å². The minimum atomic E-state index is -2.64. The molecule has 7 heavy (non-hydrogen) atoms. The minimum absolute atomic E-state index is 0.233. The average Bonchev–Trinajstić information content (AvgIpc) is 2.13. The number of alkyl halides is 2. The van der Waals surface area contributed by atoms with Gasteiger partial charge in [-0.05, 0) is 0 Å². The van der Waals surface area contributed by atoms with E-state index in [1.54, 1.807) is 0 Å². The third-order valence-electron chi connectivity index (χ3n) is 0.982. The van der Waals surface area contributed by atoms with Crippen LogP contribution in [0.15, 0.2) is 0 Å². The first-order valence-electron chi connectivity index (χ1n) is 1.94. The Morgan fingerprint density at radius 3 is 2.14 bits per heavy atom.